The predicted molar refractivity (Wildman–Crippen MR) is 81.7 cm³/mol. The van der Waals surface area contributed by atoms with Gasteiger partial charge >= 0.3 is 0 Å². The second kappa shape index (κ2) is 11.1. The van der Waals surface area contributed by atoms with Gasteiger partial charge in [0.05, 0.1) is 0 Å². The molecule has 0 radical (unpaired) electrons. The van der Waals surface area contributed by atoms with Crippen LogP contribution in [0.3, 0.4) is 0 Å². The molecule has 5 nitrogen and oxygen atoms in total. The topological polar surface area (TPSA) is 58.8 Å². The van der Waals surface area contributed by atoms with Crippen molar-refractivity contribution >= 4 is 5.91 Å². The Balaban J connectivity index is 2.19. The van der Waals surface area contributed by atoms with Gasteiger partial charge in [-0.1, -0.05) is 6.42 Å². The fourth-order valence-corrected chi connectivity index (χ4v) is 2.63. The van der Waals surface area contributed by atoms with Gasteiger partial charge in [0.2, 0.25) is 5.91 Å². The number of rotatable bonds is 9. The number of carbonyl (C=O) groups excluding carboxylic acids is 1. The van der Waals surface area contributed by atoms with Gasteiger partial charge in [0.1, 0.15) is 0 Å². The first-order chi connectivity index (χ1) is 9.77. The lowest BCUT2D eigenvalue weighted by atomic mass is 10.2. The molecule has 2 N–H and O–H groups in total. The third-order valence-corrected chi connectivity index (χ3v) is 3.86. The van der Waals surface area contributed by atoms with E-state index in [2.05, 4.69) is 4.90 Å². The van der Waals surface area contributed by atoms with E-state index in [4.69, 9.17) is 10.5 Å². The maximum atomic E-state index is 12.1. The first-order valence-electron chi connectivity index (χ1n) is 7.97. The maximum Gasteiger partial charge on any atom is 0.222 e. The van der Waals surface area contributed by atoms with E-state index in [0.29, 0.717) is 13.0 Å². The molecule has 0 spiro atoms. The zero-order chi connectivity index (χ0) is 14.6. The van der Waals surface area contributed by atoms with E-state index in [1.54, 1.807) is 7.11 Å². The van der Waals surface area contributed by atoms with Crippen LogP contribution in [0.25, 0.3) is 0 Å². The minimum Gasteiger partial charge on any atom is -0.385 e. The highest BCUT2D eigenvalue weighted by Crippen LogP contribution is 2.07. The van der Waals surface area contributed by atoms with E-state index in [1.807, 2.05) is 4.90 Å². The minimum atomic E-state index is 0.284. The lowest BCUT2D eigenvalue weighted by Gasteiger charge is -2.22. The minimum absolute atomic E-state index is 0.284. The molecule has 5 heteroatoms. The Morgan fingerprint density at radius 3 is 2.70 bits per heavy atom. The fourth-order valence-electron chi connectivity index (χ4n) is 2.63. The highest BCUT2D eigenvalue weighted by Gasteiger charge is 2.18. The number of unbranched alkanes of at least 4 members (excludes halogenated alkanes) is 2. The van der Waals surface area contributed by atoms with E-state index in [1.165, 1.54) is 12.8 Å². The number of amides is 1. The number of methoxy groups -OCH3 is 1. The van der Waals surface area contributed by atoms with Gasteiger partial charge in [0.25, 0.3) is 0 Å². The normalized spacial score (nSPS) is 17.2. The van der Waals surface area contributed by atoms with Crippen LogP contribution in [0.15, 0.2) is 0 Å². The van der Waals surface area contributed by atoms with Crippen molar-refractivity contribution in [2.45, 2.75) is 38.5 Å². The van der Waals surface area contributed by atoms with Crippen molar-refractivity contribution in [2.24, 2.45) is 5.73 Å². The van der Waals surface area contributed by atoms with E-state index in [-0.39, 0.29) is 5.91 Å². The summed E-state index contributed by atoms with van der Waals surface area (Å²) in [5, 5.41) is 0. The van der Waals surface area contributed by atoms with Crippen LogP contribution in [0.1, 0.15) is 38.5 Å². The summed E-state index contributed by atoms with van der Waals surface area (Å²) in [6, 6.07) is 0. The Hall–Kier alpha value is -0.650. The first-order valence-corrected chi connectivity index (χ1v) is 7.97. The van der Waals surface area contributed by atoms with Crippen molar-refractivity contribution in [3.8, 4) is 0 Å². The van der Waals surface area contributed by atoms with Gasteiger partial charge in [-0.3, -0.25) is 4.79 Å². The van der Waals surface area contributed by atoms with Gasteiger partial charge in [-0.25, -0.2) is 0 Å². The molecule has 1 aliphatic rings. The number of hydrogen-bond donors (Lipinski definition) is 1. The molecule has 0 saturated carbocycles. The molecule has 0 aliphatic carbocycles. The molecule has 0 bridgehead atoms. The Labute approximate surface area is 123 Å². The second-order valence-corrected chi connectivity index (χ2v) is 5.52. The summed E-state index contributed by atoms with van der Waals surface area (Å²) in [6.45, 7) is 6.53. The van der Waals surface area contributed by atoms with Gasteiger partial charge in [0, 0.05) is 39.8 Å². The average Bonchev–Trinajstić information content (AvgIpc) is 2.69. The number of nitrogens with two attached hydrogens (primary N) is 1. The van der Waals surface area contributed by atoms with Gasteiger partial charge in [-0.15, -0.1) is 0 Å². The Morgan fingerprint density at radius 1 is 1.10 bits per heavy atom. The first kappa shape index (κ1) is 17.4. The van der Waals surface area contributed by atoms with Gasteiger partial charge in [0.15, 0.2) is 0 Å². The summed E-state index contributed by atoms with van der Waals surface area (Å²) in [5.41, 5.74) is 5.51. The summed E-state index contributed by atoms with van der Waals surface area (Å²) >= 11 is 0. The molecule has 0 atom stereocenters. The number of carbonyl (C=O) groups is 1. The lowest BCUT2D eigenvalue weighted by Crippen LogP contribution is -2.35. The SMILES string of the molecule is COCCCC(=O)N1CCCN(CCCCCN)CC1. The summed E-state index contributed by atoms with van der Waals surface area (Å²) in [4.78, 5) is 16.6. The predicted octanol–water partition coefficient (Wildman–Crippen LogP) is 1.08. The van der Waals surface area contributed by atoms with Gasteiger partial charge in [-0.2, -0.15) is 0 Å². The molecule has 0 aromatic carbocycles. The third-order valence-electron chi connectivity index (χ3n) is 3.86. The Bertz CT molecular complexity index is 262. The van der Waals surface area contributed by atoms with Crippen LogP contribution in [-0.2, 0) is 9.53 Å². The van der Waals surface area contributed by atoms with Crippen LogP contribution < -0.4 is 5.73 Å². The fraction of sp³-hybridized carbons (Fsp3) is 0.933. The Morgan fingerprint density at radius 2 is 1.95 bits per heavy atom. The Kier molecular flexibility index (Phi) is 9.62. The molecule has 0 aromatic heterocycles. The van der Waals surface area contributed by atoms with Crippen LogP contribution in [0, 0.1) is 0 Å². The molecular formula is C15H31N3O2. The number of ether oxygens (including phenoxy) is 1. The molecule has 1 saturated heterocycles. The molecule has 1 fully saturated rings. The van der Waals surface area contributed by atoms with Gasteiger partial charge in [-0.05, 0) is 45.3 Å². The lowest BCUT2D eigenvalue weighted by molar-refractivity contribution is -0.131. The monoisotopic (exact) mass is 285 g/mol. The van der Waals surface area contributed by atoms with Crippen LogP contribution in [0.2, 0.25) is 0 Å². The molecule has 1 rings (SSSR count). The van der Waals surface area contributed by atoms with E-state index in [0.717, 1.165) is 58.5 Å². The van der Waals surface area contributed by atoms with Crippen LogP contribution in [0.4, 0.5) is 0 Å². The summed E-state index contributed by atoms with van der Waals surface area (Å²) in [5.74, 6) is 0.284. The summed E-state index contributed by atoms with van der Waals surface area (Å²) in [6.07, 6.45) is 6.09. The summed E-state index contributed by atoms with van der Waals surface area (Å²) < 4.78 is 5.00. The van der Waals surface area contributed by atoms with Crippen molar-refractivity contribution in [3.05, 3.63) is 0 Å². The maximum absolute atomic E-state index is 12.1. The van der Waals surface area contributed by atoms with Crippen LogP contribution >= 0.6 is 0 Å². The van der Waals surface area contributed by atoms with Crippen LogP contribution in [-0.4, -0.2) is 68.7 Å². The molecule has 0 unspecified atom stereocenters. The largest absolute Gasteiger partial charge is 0.385 e. The standard InChI is InChI=1S/C15H31N3O2/c1-20-14-5-7-15(19)18-11-6-10-17(12-13-18)9-4-2-3-8-16/h2-14,16H2,1H3. The van der Waals surface area contributed by atoms with Crippen molar-refractivity contribution < 1.29 is 9.53 Å². The molecule has 1 aliphatic heterocycles. The number of hydrogen-bond acceptors (Lipinski definition) is 4. The van der Waals surface area contributed by atoms with Crippen LogP contribution in [0.5, 0.6) is 0 Å². The van der Waals surface area contributed by atoms with E-state index in [9.17, 15) is 4.79 Å². The molecule has 20 heavy (non-hydrogen) atoms. The smallest absolute Gasteiger partial charge is 0.222 e. The van der Waals surface area contributed by atoms with E-state index < -0.39 is 0 Å². The zero-order valence-corrected chi connectivity index (χ0v) is 13.0. The zero-order valence-electron chi connectivity index (χ0n) is 13.0. The molecular weight excluding hydrogens is 254 g/mol. The van der Waals surface area contributed by atoms with Crippen molar-refractivity contribution in [3.63, 3.8) is 0 Å². The molecule has 118 valence electrons. The quantitative estimate of drug-likeness (QED) is 0.644. The molecule has 1 heterocycles. The third kappa shape index (κ3) is 7.22. The van der Waals surface area contributed by atoms with Crippen molar-refractivity contribution in [2.75, 3.05) is 53.0 Å². The highest BCUT2D eigenvalue weighted by molar-refractivity contribution is 5.76. The van der Waals surface area contributed by atoms with Gasteiger partial charge < -0.3 is 20.3 Å². The van der Waals surface area contributed by atoms with E-state index >= 15 is 0 Å². The molecule has 1 amide bonds. The second-order valence-electron chi connectivity index (χ2n) is 5.52. The average molecular weight is 285 g/mol. The highest BCUT2D eigenvalue weighted by atomic mass is 16.5. The van der Waals surface area contributed by atoms with Crippen molar-refractivity contribution in [1.82, 2.24) is 9.80 Å². The summed E-state index contributed by atoms with van der Waals surface area (Å²) in [7, 11) is 1.68. The van der Waals surface area contributed by atoms with Crippen molar-refractivity contribution in [1.29, 1.82) is 0 Å². The number of nitrogens with zero attached hydrogens (tertiary/aromatic N) is 2. The molecule has 0 aromatic rings.